The third-order valence-electron chi connectivity index (χ3n) is 1.68. The summed E-state index contributed by atoms with van der Waals surface area (Å²) in [5.41, 5.74) is 5.10. The molecule has 0 aromatic heterocycles. The molecule has 0 aromatic carbocycles. The summed E-state index contributed by atoms with van der Waals surface area (Å²) >= 11 is 3.45. The average Bonchev–Trinajstić information content (AvgIpc) is 1.88. The molecule has 1 aliphatic heterocycles. The molecule has 10 heavy (non-hydrogen) atoms. The number of nitrogens with zero attached hydrogens (tertiary/aromatic N) is 1. The lowest BCUT2D eigenvalue weighted by Crippen LogP contribution is -2.43. The topological polar surface area (TPSA) is 46.3 Å². The number of amides is 2. The van der Waals surface area contributed by atoms with Crippen molar-refractivity contribution >= 4 is 22.0 Å². The molecule has 0 saturated carbocycles. The fourth-order valence-electron chi connectivity index (χ4n) is 1.13. The fraction of sp³-hybridized carbons (Fsp3) is 0.833. The predicted octanol–water partition coefficient (Wildman–Crippen LogP) is 0.924. The lowest BCUT2D eigenvalue weighted by atomic mass is 10.1. The Balaban J connectivity index is 2.39. The number of carbonyl (C=O) groups is 1. The first kappa shape index (κ1) is 7.85. The summed E-state index contributed by atoms with van der Waals surface area (Å²) in [6.45, 7) is 1.58. The van der Waals surface area contributed by atoms with Crippen molar-refractivity contribution in [3.05, 3.63) is 0 Å². The number of halogens is 1. The highest BCUT2D eigenvalue weighted by Crippen LogP contribution is 2.15. The molecule has 0 spiro atoms. The molecule has 0 radical (unpaired) electrons. The maximum atomic E-state index is 10.6. The van der Waals surface area contributed by atoms with Gasteiger partial charge in [0.15, 0.2) is 0 Å². The van der Waals surface area contributed by atoms with E-state index in [1.165, 1.54) is 0 Å². The summed E-state index contributed by atoms with van der Waals surface area (Å²) in [5, 5.41) is 0. The van der Waals surface area contributed by atoms with E-state index in [0.29, 0.717) is 4.83 Å². The van der Waals surface area contributed by atoms with Crippen molar-refractivity contribution in [1.29, 1.82) is 0 Å². The number of carbonyl (C=O) groups excluding carboxylic acids is 1. The summed E-state index contributed by atoms with van der Waals surface area (Å²) in [5.74, 6) is 0. The van der Waals surface area contributed by atoms with Crippen LogP contribution < -0.4 is 5.73 Å². The normalized spacial score (nSPS) is 26.5. The zero-order valence-corrected chi connectivity index (χ0v) is 7.30. The number of alkyl halides is 1. The Morgan fingerprint density at radius 3 is 2.80 bits per heavy atom. The number of primary amides is 1. The fourth-order valence-corrected chi connectivity index (χ4v) is 1.80. The van der Waals surface area contributed by atoms with E-state index in [0.717, 1.165) is 25.9 Å². The smallest absolute Gasteiger partial charge is 0.314 e. The van der Waals surface area contributed by atoms with Crippen molar-refractivity contribution in [3.63, 3.8) is 0 Å². The van der Waals surface area contributed by atoms with Gasteiger partial charge < -0.3 is 10.6 Å². The molecule has 1 atom stereocenters. The number of likely N-dealkylation sites (tertiary alicyclic amines) is 1. The van der Waals surface area contributed by atoms with E-state index in [1.54, 1.807) is 4.90 Å². The number of rotatable bonds is 0. The van der Waals surface area contributed by atoms with Crippen molar-refractivity contribution in [2.75, 3.05) is 13.1 Å². The summed E-state index contributed by atoms with van der Waals surface area (Å²) in [6.07, 6.45) is 2.20. The molecular formula is C6H11BrN2O. The van der Waals surface area contributed by atoms with Crippen molar-refractivity contribution < 1.29 is 4.79 Å². The zero-order chi connectivity index (χ0) is 7.56. The van der Waals surface area contributed by atoms with Gasteiger partial charge >= 0.3 is 6.03 Å². The Morgan fingerprint density at radius 1 is 1.70 bits per heavy atom. The minimum absolute atomic E-state index is 0.302. The van der Waals surface area contributed by atoms with Gasteiger partial charge in [0, 0.05) is 17.9 Å². The highest BCUT2D eigenvalue weighted by atomic mass is 79.9. The second kappa shape index (κ2) is 3.23. The minimum Gasteiger partial charge on any atom is -0.351 e. The Kier molecular flexibility index (Phi) is 2.54. The summed E-state index contributed by atoms with van der Waals surface area (Å²) in [7, 11) is 0. The first-order valence-electron chi connectivity index (χ1n) is 3.38. The second-order valence-corrected chi connectivity index (χ2v) is 3.82. The summed E-state index contributed by atoms with van der Waals surface area (Å²) in [6, 6.07) is -0.302. The van der Waals surface area contributed by atoms with Gasteiger partial charge in [0.2, 0.25) is 0 Å². The van der Waals surface area contributed by atoms with Gasteiger partial charge in [0.1, 0.15) is 0 Å². The molecule has 58 valence electrons. The molecule has 1 unspecified atom stereocenters. The Hall–Kier alpha value is -0.250. The van der Waals surface area contributed by atoms with Crippen LogP contribution >= 0.6 is 15.9 Å². The van der Waals surface area contributed by atoms with Crippen LogP contribution in [0, 0.1) is 0 Å². The number of hydrogen-bond donors (Lipinski definition) is 1. The summed E-state index contributed by atoms with van der Waals surface area (Å²) < 4.78 is 0. The van der Waals surface area contributed by atoms with E-state index < -0.39 is 0 Å². The van der Waals surface area contributed by atoms with Gasteiger partial charge in [-0.3, -0.25) is 0 Å². The second-order valence-electron chi connectivity index (χ2n) is 2.52. The molecule has 1 rings (SSSR count). The lowest BCUT2D eigenvalue weighted by molar-refractivity contribution is 0.198. The van der Waals surface area contributed by atoms with Gasteiger partial charge in [-0.05, 0) is 12.8 Å². The van der Waals surface area contributed by atoms with Crippen molar-refractivity contribution in [2.24, 2.45) is 5.73 Å². The lowest BCUT2D eigenvalue weighted by Gasteiger charge is -2.28. The summed E-state index contributed by atoms with van der Waals surface area (Å²) in [4.78, 5) is 12.7. The monoisotopic (exact) mass is 206 g/mol. The molecule has 4 heteroatoms. The zero-order valence-electron chi connectivity index (χ0n) is 5.72. The van der Waals surface area contributed by atoms with Crippen molar-refractivity contribution in [2.45, 2.75) is 17.7 Å². The van der Waals surface area contributed by atoms with Gasteiger partial charge in [0.25, 0.3) is 0 Å². The maximum Gasteiger partial charge on any atom is 0.314 e. The van der Waals surface area contributed by atoms with Crippen LogP contribution in [0.25, 0.3) is 0 Å². The minimum atomic E-state index is -0.302. The number of urea groups is 1. The van der Waals surface area contributed by atoms with Gasteiger partial charge in [0.05, 0.1) is 0 Å². The number of hydrogen-bond acceptors (Lipinski definition) is 1. The van der Waals surface area contributed by atoms with Crippen LogP contribution in [-0.2, 0) is 0 Å². The van der Waals surface area contributed by atoms with Crippen molar-refractivity contribution in [1.82, 2.24) is 4.90 Å². The van der Waals surface area contributed by atoms with Crippen LogP contribution in [0.3, 0.4) is 0 Å². The van der Waals surface area contributed by atoms with Gasteiger partial charge in [-0.15, -0.1) is 0 Å². The molecule has 1 heterocycles. The Morgan fingerprint density at radius 2 is 2.40 bits per heavy atom. The van der Waals surface area contributed by atoms with Crippen LogP contribution in [0.5, 0.6) is 0 Å². The first-order valence-corrected chi connectivity index (χ1v) is 4.30. The molecule has 0 bridgehead atoms. The van der Waals surface area contributed by atoms with E-state index in [1.807, 2.05) is 0 Å². The number of nitrogens with two attached hydrogens (primary N) is 1. The van der Waals surface area contributed by atoms with Crippen LogP contribution in [0.2, 0.25) is 0 Å². The maximum absolute atomic E-state index is 10.6. The molecule has 2 amide bonds. The van der Waals surface area contributed by atoms with Crippen LogP contribution in [-0.4, -0.2) is 28.8 Å². The standard InChI is InChI=1S/C6H11BrN2O/c7-5-2-1-3-9(4-5)6(8)10/h5H,1-4H2,(H2,8,10). The molecule has 1 saturated heterocycles. The SMILES string of the molecule is NC(=O)N1CCCC(Br)C1. The van der Waals surface area contributed by atoms with E-state index in [9.17, 15) is 4.79 Å². The molecule has 3 nitrogen and oxygen atoms in total. The van der Waals surface area contributed by atoms with Gasteiger partial charge in [-0.2, -0.15) is 0 Å². The third kappa shape index (κ3) is 1.87. The van der Waals surface area contributed by atoms with Gasteiger partial charge in [-0.25, -0.2) is 4.79 Å². The van der Waals surface area contributed by atoms with E-state index >= 15 is 0 Å². The van der Waals surface area contributed by atoms with Crippen LogP contribution in [0.15, 0.2) is 0 Å². The molecular weight excluding hydrogens is 196 g/mol. The quantitative estimate of drug-likeness (QED) is 0.590. The van der Waals surface area contributed by atoms with Crippen LogP contribution in [0.4, 0.5) is 4.79 Å². The largest absolute Gasteiger partial charge is 0.351 e. The van der Waals surface area contributed by atoms with Gasteiger partial charge in [-0.1, -0.05) is 15.9 Å². The molecule has 1 fully saturated rings. The van der Waals surface area contributed by atoms with E-state index in [2.05, 4.69) is 15.9 Å². The number of piperidine rings is 1. The third-order valence-corrected chi connectivity index (χ3v) is 2.42. The van der Waals surface area contributed by atoms with Crippen LogP contribution in [0.1, 0.15) is 12.8 Å². The average molecular weight is 207 g/mol. The molecule has 0 aromatic rings. The molecule has 2 N–H and O–H groups in total. The van der Waals surface area contributed by atoms with Crippen molar-refractivity contribution in [3.8, 4) is 0 Å². The highest BCUT2D eigenvalue weighted by Gasteiger charge is 2.19. The molecule has 1 aliphatic rings. The van der Waals surface area contributed by atoms with E-state index in [4.69, 9.17) is 5.73 Å². The Labute approximate surface area is 68.7 Å². The predicted molar refractivity (Wildman–Crippen MR) is 43.1 cm³/mol. The van der Waals surface area contributed by atoms with E-state index in [-0.39, 0.29) is 6.03 Å². The molecule has 0 aliphatic carbocycles. The Bertz CT molecular complexity index is 140. The first-order chi connectivity index (χ1) is 4.70. The highest BCUT2D eigenvalue weighted by molar-refractivity contribution is 9.09.